The first-order valence-corrected chi connectivity index (χ1v) is 6.74. The average Bonchev–Trinajstić information content (AvgIpc) is 2.20. The van der Waals surface area contributed by atoms with E-state index in [1.54, 1.807) is 0 Å². The molecule has 1 rings (SSSR count). The van der Waals surface area contributed by atoms with Crippen molar-refractivity contribution >= 4 is 33.2 Å². The van der Waals surface area contributed by atoms with Crippen molar-refractivity contribution in [3.63, 3.8) is 0 Å². The maximum Gasteiger partial charge on any atom is 0.238 e. The molecule has 1 aromatic rings. The molecule has 4 nitrogen and oxygen atoms in total. The van der Waals surface area contributed by atoms with Crippen molar-refractivity contribution in [1.29, 1.82) is 0 Å². The lowest BCUT2D eigenvalue weighted by Gasteiger charge is -2.10. The number of sulfonamides is 1. The minimum atomic E-state index is -3.85. The predicted molar refractivity (Wildman–Crippen MR) is 66.8 cm³/mol. The van der Waals surface area contributed by atoms with Crippen molar-refractivity contribution in [3.8, 4) is 18.1 Å². The van der Waals surface area contributed by atoms with Crippen molar-refractivity contribution in [2.45, 2.75) is 11.3 Å². The number of rotatable bonds is 4. The van der Waals surface area contributed by atoms with Crippen LogP contribution in [0.4, 0.5) is 0 Å². The highest BCUT2D eigenvalue weighted by molar-refractivity contribution is 7.89. The molecular formula is C10H9Cl2NO3S. The lowest BCUT2D eigenvalue weighted by Crippen LogP contribution is -2.12. The highest BCUT2D eigenvalue weighted by Crippen LogP contribution is 2.35. The number of benzene rings is 1. The van der Waals surface area contributed by atoms with Crippen LogP contribution in [-0.2, 0) is 10.0 Å². The van der Waals surface area contributed by atoms with Crippen LogP contribution in [0, 0.1) is 12.3 Å². The van der Waals surface area contributed by atoms with E-state index in [9.17, 15) is 8.42 Å². The summed E-state index contributed by atoms with van der Waals surface area (Å²) in [6.45, 7) is 0.241. The molecule has 0 aliphatic rings. The summed E-state index contributed by atoms with van der Waals surface area (Å²) in [4.78, 5) is -0.170. The van der Waals surface area contributed by atoms with Gasteiger partial charge >= 0.3 is 0 Å². The van der Waals surface area contributed by atoms with Gasteiger partial charge in [-0.2, -0.15) is 0 Å². The predicted octanol–water partition coefficient (Wildman–Crippen LogP) is 2.04. The van der Waals surface area contributed by atoms with Crippen molar-refractivity contribution in [3.05, 3.63) is 22.2 Å². The minimum absolute atomic E-state index is 0.0681. The Bertz CT molecular complexity index is 540. The van der Waals surface area contributed by atoms with Gasteiger partial charge in [-0.15, -0.1) is 12.3 Å². The van der Waals surface area contributed by atoms with Crippen LogP contribution in [0.15, 0.2) is 17.0 Å². The molecule has 0 heterocycles. The number of hydrogen-bond acceptors (Lipinski definition) is 3. The van der Waals surface area contributed by atoms with Crippen molar-refractivity contribution in [2.24, 2.45) is 5.14 Å². The van der Waals surface area contributed by atoms with Gasteiger partial charge in [-0.25, -0.2) is 13.6 Å². The van der Waals surface area contributed by atoms with E-state index in [1.807, 2.05) is 0 Å². The van der Waals surface area contributed by atoms with E-state index < -0.39 is 10.0 Å². The fraction of sp³-hybridized carbons (Fsp3) is 0.200. The lowest BCUT2D eigenvalue weighted by atomic mass is 10.3. The maximum absolute atomic E-state index is 11.1. The standard InChI is InChI=1S/C10H9Cl2NO3S/c1-2-3-4-16-10-8(11)5-7(6-9(10)12)17(13,14)15/h1,5-6H,3-4H2,(H2,13,14,15). The molecule has 92 valence electrons. The second kappa shape index (κ2) is 5.61. The second-order valence-electron chi connectivity index (χ2n) is 3.06. The van der Waals surface area contributed by atoms with E-state index >= 15 is 0 Å². The molecule has 0 unspecified atom stereocenters. The summed E-state index contributed by atoms with van der Waals surface area (Å²) in [5.74, 6) is 2.58. The molecule has 2 N–H and O–H groups in total. The summed E-state index contributed by atoms with van der Waals surface area (Å²) in [5.41, 5.74) is 0. The molecule has 0 saturated heterocycles. The molecule has 0 bridgehead atoms. The summed E-state index contributed by atoms with van der Waals surface area (Å²) < 4.78 is 27.4. The van der Waals surface area contributed by atoms with Gasteiger partial charge in [-0.05, 0) is 12.1 Å². The van der Waals surface area contributed by atoms with Gasteiger partial charge in [0.25, 0.3) is 0 Å². The number of primary sulfonamides is 1. The Labute approximate surface area is 110 Å². The molecule has 0 amide bonds. The van der Waals surface area contributed by atoms with Gasteiger partial charge in [-0.3, -0.25) is 0 Å². The quantitative estimate of drug-likeness (QED) is 0.682. The summed E-state index contributed by atoms with van der Waals surface area (Å²) in [7, 11) is -3.85. The fourth-order valence-electron chi connectivity index (χ4n) is 1.05. The SMILES string of the molecule is C#CCCOc1c(Cl)cc(S(N)(=O)=O)cc1Cl. The maximum atomic E-state index is 11.1. The molecule has 0 fully saturated rings. The van der Waals surface area contributed by atoms with Crippen LogP contribution in [0.3, 0.4) is 0 Å². The molecule has 17 heavy (non-hydrogen) atoms. The second-order valence-corrected chi connectivity index (χ2v) is 5.44. The monoisotopic (exact) mass is 293 g/mol. The van der Waals surface area contributed by atoms with Gasteiger partial charge in [0, 0.05) is 6.42 Å². The topological polar surface area (TPSA) is 69.4 Å². The van der Waals surface area contributed by atoms with Crippen LogP contribution < -0.4 is 9.88 Å². The Hall–Kier alpha value is -0.930. The highest BCUT2D eigenvalue weighted by atomic mass is 35.5. The molecular weight excluding hydrogens is 285 g/mol. The molecule has 0 atom stereocenters. The molecule has 7 heteroatoms. The van der Waals surface area contributed by atoms with E-state index in [0.717, 1.165) is 0 Å². The number of terminal acetylenes is 1. The molecule has 0 saturated carbocycles. The van der Waals surface area contributed by atoms with Crippen LogP contribution in [0.1, 0.15) is 6.42 Å². The number of halogens is 2. The van der Waals surface area contributed by atoms with Gasteiger partial charge < -0.3 is 4.74 Å². The van der Waals surface area contributed by atoms with Gasteiger partial charge in [0.05, 0.1) is 21.5 Å². The Morgan fingerprint density at radius 1 is 1.35 bits per heavy atom. The van der Waals surface area contributed by atoms with Crippen LogP contribution in [0.25, 0.3) is 0 Å². The van der Waals surface area contributed by atoms with Gasteiger partial charge in [0.2, 0.25) is 10.0 Å². The highest BCUT2D eigenvalue weighted by Gasteiger charge is 2.15. The van der Waals surface area contributed by atoms with E-state index in [1.165, 1.54) is 12.1 Å². The van der Waals surface area contributed by atoms with Crippen molar-refractivity contribution < 1.29 is 13.2 Å². The molecule has 0 aromatic heterocycles. The summed E-state index contributed by atoms with van der Waals surface area (Å²) in [5, 5.41) is 5.09. The summed E-state index contributed by atoms with van der Waals surface area (Å²) >= 11 is 11.7. The first-order valence-electron chi connectivity index (χ1n) is 4.44. The van der Waals surface area contributed by atoms with Gasteiger partial charge in [-0.1, -0.05) is 23.2 Å². The zero-order valence-electron chi connectivity index (χ0n) is 8.61. The van der Waals surface area contributed by atoms with E-state index in [4.69, 9.17) is 39.5 Å². The first kappa shape index (κ1) is 14.1. The minimum Gasteiger partial charge on any atom is -0.489 e. The summed E-state index contributed by atoms with van der Waals surface area (Å²) in [6.07, 6.45) is 5.45. The zero-order chi connectivity index (χ0) is 13.1. The normalized spacial score (nSPS) is 10.9. The largest absolute Gasteiger partial charge is 0.489 e. The Morgan fingerprint density at radius 2 is 1.88 bits per heavy atom. The van der Waals surface area contributed by atoms with Crippen LogP contribution in [0.5, 0.6) is 5.75 Å². The molecule has 0 aliphatic carbocycles. The first-order chi connectivity index (χ1) is 7.86. The van der Waals surface area contributed by atoms with Gasteiger partial charge in [0.15, 0.2) is 5.75 Å². The Morgan fingerprint density at radius 3 is 2.29 bits per heavy atom. The number of nitrogens with two attached hydrogens (primary N) is 1. The Kier molecular flexibility index (Phi) is 4.66. The van der Waals surface area contributed by atoms with Crippen LogP contribution in [-0.4, -0.2) is 15.0 Å². The summed E-state index contributed by atoms with van der Waals surface area (Å²) in [6, 6.07) is 2.35. The smallest absolute Gasteiger partial charge is 0.238 e. The van der Waals surface area contributed by atoms with Gasteiger partial charge in [0.1, 0.15) is 0 Å². The Balaban J connectivity index is 3.08. The van der Waals surface area contributed by atoms with E-state index in [2.05, 4.69) is 5.92 Å². The average molecular weight is 294 g/mol. The molecule has 0 radical (unpaired) electrons. The van der Waals surface area contributed by atoms with Crippen molar-refractivity contribution in [1.82, 2.24) is 0 Å². The van der Waals surface area contributed by atoms with Crippen molar-refractivity contribution in [2.75, 3.05) is 6.61 Å². The molecule has 1 aromatic carbocycles. The van der Waals surface area contributed by atoms with E-state index in [0.29, 0.717) is 6.42 Å². The number of hydrogen-bond donors (Lipinski definition) is 1. The number of ether oxygens (including phenoxy) is 1. The van der Waals surface area contributed by atoms with E-state index in [-0.39, 0.29) is 27.3 Å². The van der Waals surface area contributed by atoms with Crippen LogP contribution >= 0.6 is 23.2 Å². The third-order valence-corrected chi connectivity index (χ3v) is 3.25. The third kappa shape index (κ3) is 3.79. The lowest BCUT2D eigenvalue weighted by molar-refractivity contribution is 0.327. The third-order valence-electron chi connectivity index (χ3n) is 1.79. The fourth-order valence-corrected chi connectivity index (χ4v) is 2.34. The zero-order valence-corrected chi connectivity index (χ0v) is 10.9. The van der Waals surface area contributed by atoms with Crippen LogP contribution in [0.2, 0.25) is 10.0 Å². The molecule has 0 spiro atoms. The molecule has 0 aliphatic heterocycles.